The van der Waals surface area contributed by atoms with E-state index in [9.17, 15) is 13.2 Å². The Labute approximate surface area is 145 Å². The first-order valence-corrected chi connectivity index (χ1v) is 9.83. The van der Waals surface area contributed by atoms with Crippen molar-refractivity contribution in [2.45, 2.75) is 43.2 Å². The van der Waals surface area contributed by atoms with Gasteiger partial charge in [0, 0.05) is 25.2 Å². The number of carbonyl (C=O) groups is 1. The Bertz CT molecular complexity index is 891. The van der Waals surface area contributed by atoms with Crippen LogP contribution in [0.15, 0.2) is 35.5 Å². The molecule has 8 nitrogen and oxygen atoms in total. The van der Waals surface area contributed by atoms with E-state index in [1.54, 1.807) is 21.7 Å². The number of anilines is 1. The lowest BCUT2D eigenvalue weighted by Crippen LogP contribution is -2.33. The summed E-state index contributed by atoms with van der Waals surface area (Å²) in [6.45, 7) is 1.44. The summed E-state index contributed by atoms with van der Waals surface area (Å²) in [6.07, 6.45) is 4.37. The van der Waals surface area contributed by atoms with Gasteiger partial charge in [0.15, 0.2) is 0 Å². The molecule has 0 spiro atoms. The summed E-state index contributed by atoms with van der Waals surface area (Å²) in [7, 11) is -3.67. The zero-order valence-corrected chi connectivity index (χ0v) is 14.4. The molecular formula is C16H19N5O3S. The molecule has 2 aliphatic heterocycles. The van der Waals surface area contributed by atoms with Gasteiger partial charge in [-0.2, -0.15) is 5.10 Å². The molecule has 132 valence electrons. The number of nitrogens with zero attached hydrogens (tertiary/aromatic N) is 4. The summed E-state index contributed by atoms with van der Waals surface area (Å²) in [5.41, 5.74) is 0.735. The van der Waals surface area contributed by atoms with Gasteiger partial charge in [-0.05, 0) is 43.5 Å². The van der Waals surface area contributed by atoms with Gasteiger partial charge >= 0.3 is 0 Å². The Kier molecular flexibility index (Phi) is 4.04. The minimum Gasteiger partial charge on any atom is -0.312 e. The van der Waals surface area contributed by atoms with E-state index in [1.807, 2.05) is 0 Å². The summed E-state index contributed by atoms with van der Waals surface area (Å²) in [6, 6.07) is 6.07. The SMILES string of the molecule is O=C1CCCN1c1ccc(S(=O)(=O)N[C@@H]2CCCn3ncnc32)cc1. The summed E-state index contributed by atoms with van der Waals surface area (Å²) in [5.74, 6) is 0.726. The van der Waals surface area contributed by atoms with E-state index in [1.165, 1.54) is 18.5 Å². The van der Waals surface area contributed by atoms with Crippen LogP contribution < -0.4 is 9.62 Å². The second kappa shape index (κ2) is 6.23. The lowest BCUT2D eigenvalue weighted by atomic mass is 10.1. The maximum atomic E-state index is 12.7. The van der Waals surface area contributed by atoms with Gasteiger partial charge in [0.25, 0.3) is 0 Å². The number of benzene rings is 1. The van der Waals surface area contributed by atoms with Gasteiger partial charge in [0.1, 0.15) is 12.2 Å². The van der Waals surface area contributed by atoms with E-state index >= 15 is 0 Å². The van der Waals surface area contributed by atoms with Crippen LogP contribution in [0.4, 0.5) is 5.69 Å². The van der Waals surface area contributed by atoms with Gasteiger partial charge in [0.05, 0.1) is 10.9 Å². The van der Waals surface area contributed by atoms with Crippen molar-refractivity contribution in [2.24, 2.45) is 0 Å². The molecule has 3 heterocycles. The van der Waals surface area contributed by atoms with Crippen LogP contribution in [0, 0.1) is 0 Å². The van der Waals surface area contributed by atoms with Crippen molar-refractivity contribution in [3.8, 4) is 0 Å². The van der Waals surface area contributed by atoms with Crippen molar-refractivity contribution in [3.05, 3.63) is 36.4 Å². The van der Waals surface area contributed by atoms with Crippen LogP contribution in [0.5, 0.6) is 0 Å². The Morgan fingerprint density at radius 1 is 1.12 bits per heavy atom. The maximum Gasteiger partial charge on any atom is 0.241 e. The maximum absolute atomic E-state index is 12.7. The molecule has 25 heavy (non-hydrogen) atoms. The second-order valence-electron chi connectivity index (χ2n) is 6.30. The summed E-state index contributed by atoms with van der Waals surface area (Å²) in [5, 5.41) is 4.11. The molecule has 0 saturated carbocycles. The van der Waals surface area contributed by atoms with Gasteiger partial charge in [-0.15, -0.1) is 0 Å². The molecule has 2 aliphatic rings. The third-order valence-corrected chi connectivity index (χ3v) is 6.14. The minimum atomic E-state index is -3.67. The number of sulfonamides is 1. The van der Waals surface area contributed by atoms with Crippen LogP contribution in [0.25, 0.3) is 0 Å². The van der Waals surface area contributed by atoms with E-state index in [4.69, 9.17) is 0 Å². The van der Waals surface area contributed by atoms with Crippen LogP contribution in [-0.4, -0.2) is 35.6 Å². The zero-order chi connectivity index (χ0) is 17.4. The predicted octanol–water partition coefficient (Wildman–Crippen LogP) is 1.22. The number of nitrogens with one attached hydrogen (secondary N) is 1. The largest absolute Gasteiger partial charge is 0.312 e. The molecule has 1 amide bonds. The number of aryl methyl sites for hydroxylation is 1. The van der Waals surface area contributed by atoms with Crippen LogP contribution in [-0.2, 0) is 21.4 Å². The lowest BCUT2D eigenvalue weighted by Gasteiger charge is -2.23. The smallest absolute Gasteiger partial charge is 0.241 e. The Morgan fingerprint density at radius 3 is 2.64 bits per heavy atom. The first kappa shape index (κ1) is 16.2. The van der Waals surface area contributed by atoms with Crippen LogP contribution in [0.2, 0.25) is 0 Å². The van der Waals surface area contributed by atoms with Crippen molar-refractivity contribution in [1.29, 1.82) is 0 Å². The van der Waals surface area contributed by atoms with Gasteiger partial charge in [-0.3, -0.25) is 4.79 Å². The molecule has 0 aliphatic carbocycles. The number of aromatic nitrogens is 3. The average molecular weight is 361 g/mol. The van der Waals surface area contributed by atoms with Crippen molar-refractivity contribution in [3.63, 3.8) is 0 Å². The number of hydrogen-bond acceptors (Lipinski definition) is 5. The van der Waals surface area contributed by atoms with Gasteiger partial charge in [-0.25, -0.2) is 22.8 Å². The monoisotopic (exact) mass is 361 g/mol. The van der Waals surface area contributed by atoms with E-state index in [0.29, 0.717) is 25.2 Å². The summed E-state index contributed by atoms with van der Waals surface area (Å²) in [4.78, 5) is 17.8. The summed E-state index contributed by atoms with van der Waals surface area (Å²) >= 11 is 0. The molecule has 4 rings (SSSR count). The minimum absolute atomic E-state index is 0.0790. The van der Waals surface area contributed by atoms with Crippen molar-refractivity contribution in [1.82, 2.24) is 19.5 Å². The van der Waals surface area contributed by atoms with E-state index < -0.39 is 10.0 Å². The number of fused-ring (bicyclic) bond motifs is 1. The highest BCUT2D eigenvalue weighted by atomic mass is 32.2. The molecule has 1 N–H and O–H groups in total. The highest BCUT2D eigenvalue weighted by molar-refractivity contribution is 7.89. The predicted molar refractivity (Wildman–Crippen MR) is 90.3 cm³/mol. The molecule has 1 aromatic carbocycles. The van der Waals surface area contributed by atoms with Gasteiger partial charge in [0.2, 0.25) is 15.9 Å². The molecule has 9 heteroatoms. The number of amides is 1. The van der Waals surface area contributed by atoms with Gasteiger partial charge < -0.3 is 4.90 Å². The fourth-order valence-electron chi connectivity index (χ4n) is 3.38. The van der Waals surface area contributed by atoms with Crippen molar-refractivity contribution < 1.29 is 13.2 Å². The van der Waals surface area contributed by atoms with Crippen molar-refractivity contribution in [2.75, 3.05) is 11.4 Å². The van der Waals surface area contributed by atoms with E-state index in [0.717, 1.165) is 25.1 Å². The normalized spacial score (nSPS) is 20.7. The van der Waals surface area contributed by atoms with Crippen LogP contribution in [0.1, 0.15) is 37.5 Å². The molecular weight excluding hydrogens is 342 g/mol. The third kappa shape index (κ3) is 3.05. The highest BCUT2D eigenvalue weighted by Crippen LogP contribution is 2.26. The highest BCUT2D eigenvalue weighted by Gasteiger charge is 2.28. The Balaban J connectivity index is 1.54. The summed E-state index contributed by atoms with van der Waals surface area (Å²) < 4.78 is 29.8. The molecule has 2 aromatic rings. The standard InChI is InChI=1S/C16H19N5O3S/c22-15-4-2-9-20(15)12-5-7-13(8-6-12)25(23,24)19-14-3-1-10-21-16(14)17-11-18-21/h5-8,11,14,19H,1-4,9-10H2/t14-/m1/s1. The topological polar surface area (TPSA) is 97.2 Å². The first-order valence-electron chi connectivity index (χ1n) is 8.35. The fraction of sp³-hybridized carbons (Fsp3) is 0.438. The second-order valence-corrected chi connectivity index (χ2v) is 8.01. The number of hydrogen-bond donors (Lipinski definition) is 1. The average Bonchev–Trinajstić information content (AvgIpc) is 3.24. The molecule has 0 radical (unpaired) electrons. The Hall–Kier alpha value is -2.26. The third-order valence-electron chi connectivity index (χ3n) is 4.65. The van der Waals surface area contributed by atoms with Crippen LogP contribution in [0.3, 0.4) is 0 Å². The fourth-order valence-corrected chi connectivity index (χ4v) is 4.61. The number of carbonyl (C=O) groups excluding carboxylic acids is 1. The zero-order valence-electron chi connectivity index (χ0n) is 13.6. The lowest BCUT2D eigenvalue weighted by molar-refractivity contribution is -0.117. The Morgan fingerprint density at radius 2 is 1.92 bits per heavy atom. The molecule has 1 aromatic heterocycles. The molecule has 1 saturated heterocycles. The quantitative estimate of drug-likeness (QED) is 0.883. The van der Waals surface area contributed by atoms with Crippen molar-refractivity contribution >= 4 is 21.6 Å². The number of rotatable bonds is 4. The van der Waals surface area contributed by atoms with Gasteiger partial charge in [-0.1, -0.05) is 0 Å². The van der Waals surface area contributed by atoms with E-state index in [2.05, 4.69) is 14.8 Å². The molecule has 1 fully saturated rings. The van der Waals surface area contributed by atoms with E-state index in [-0.39, 0.29) is 16.8 Å². The molecule has 1 atom stereocenters. The molecule has 0 unspecified atom stereocenters. The first-order chi connectivity index (χ1) is 12.0. The molecule has 0 bridgehead atoms. The van der Waals surface area contributed by atoms with Crippen LogP contribution >= 0.6 is 0 Å².